The summed E-state index contributed by atoms with van der Waals surface area (Å²) >= 11 is 8.11. The molecule has 1 aromatic carbocycles. The molecule has 1 aromatic rings. The number of rotatable bonds is 3. The third kappa shape index (κ3) is 2.32. The molecular formula is C8H4BrClFNO3. The van der Waals surface area contributed by atoms with Crippen LogP contribution in [0.4, 0.5) is 10.1 Å². The normalized spacial score (nSPS) is 10.1. The maximum Gasteiger partial charge on any atom is 0.319 e. The molecule has 4 nitrogen and oxygen atoms in total. The summed E-state index contributed by atoms with van der Waals surface area (Å²) in [6.07, 6.45) is 0. The number of hydrogen-bond acceptors (Lipinski definition) is 3. The number of nitrogens with zero attached hydrogens (tertiary/aromatic N) is 1. The van der Waals surface area contributed by atoms with Crippen LogP contribution in [0, 0.1) is 15.9 Å². The molecule has 0 saturated carbocycles. The molecule has 0 unspecified atom stereocenters. The van der Waals surface area contributed by atoms with Gasteiger partial charge in [0.15, 0.2) is 5.78 Å². The smallest absolute Gasteiger partial charge is 0.293 e. The van der Waals surface area contributed by atoms with Crippen LogP contribution >= 0.6 is 27.5 Å². The Hall–Kier alpha value is -1.01. The maximum absolute atomic E-state index is 13.0. The van der Waals surface area contributed by atoms with Crippen LogP contribution in [-0.2, 0) is 0 Å². The maximum atomic E-state index is 13.0. The molecule has 7 heteroatoms. The molecule has 0 fully saturated rings. The van der Waals surface area contributed by atoms with Gasteiger partial charge in [0.1, 0.15) is 4.47 Å². The first-order chi connectivity index (χ1) is 6.99. The second kappa shape index (κ2) is 4.67. The van der Waals surface area contributed by atoms with E-state index < -0.39 is 22.2 Å². The summed E-state index contributed by atoms with van der Waals surface area (Å²) in [6, 6.07) is 2.01. The van der Waals surface area contributed by atoms with Crippen LogP contribution in [0.3, 0.4) is 0 Å². The second-order valence-electron chi connectivity index (χ2n) is 2.57. The van der Waals surface area contributed by atoms with E-state index in [1.165, 1.54) is 0 Å². The SMILES string of the molecule is O=C(CCl)c1ccc(F)c([N+](=O)[O-])c1Br. The molecule has 0 radical (unpaired) electrons. The van der Waals surface area contributed by atoms with Gasteiger partial charge >= 0.3 is 5.69 Å². The summed E-state index contributed by atoms with van der Waals surface area (Å²) in [6.45, 7) is 0. The van der Waals surface area contributed by atoms with Crippen molar-refractivity contribution in [3.05, 3.63) is 38.1 Å². The van der Waals surface area contributed by atoms with E-state index in [0.29, 0.717) is 0 Å². The van der Waals surface area contributed by atoms with Crippen molar-refractivity contribution in [2.24, 2.45) is 0 Å². The predicted octanol–water partition coefficient (Wildman–Crippen LogP) is 2.92. The number of carbonyl (C=O) groups is 1. The number of nitro benzene ring substituents is 1. The Morgan fingerprint density at radius 1 is 1.60 bits per heavy atom. The first kappa shape index (κ1) is 12.1. The number of hydrogen-bond donors (Lipinski definition) is 0. The summed E-state index contributed by atoms with van der Waals surface area (Å²) < 4.78 is 12.9. The summed E-state index contributed by atoms with van der Waals surface area (Å²) in [4.78, 5) is 20.8. The number of carbonyl (C=O) groups excluding carboxylic acids is 1. The molecular weight excluding hydrogens is 292 g/mol. The molecule has 1 rings (SSSR count). The van der Waals surface area contributed by atoms with Gasteiger partial charge in [0.25, 0.3) is 0 Å². The van der Waals surface area contributed by atoms with Crippen LogP contribution in [0.5, 0.6) is 0 Å². The summed E-state index contributed by atoms with van der Waals surface area (Å²) in [7, 11) is 0. The van der Waals surface area contributed by atoms with Gasteiger partial charge in [0.2, 0.25) is 5.82 Å². The highest BCUT2D eigenvalue weighted by molar-refractivity contribution is 9.10. The summed E-state index contributed by atoms with van der Waals surface area (Å²) in [5.41, 5.74) is -0.760. The summed E-state index contributed by atoms with van der Waals surface area (Å²) in [5.74, 6) is -1.83. The second-order valence-corrected chi connectivity index (χ2v) is 3.63. The van der Waals surface area contributed by atoms with Crippen molar-refractivity contribution < 1.29 is 14.1 Å². The Labute approximate surface area is 97.3 Å². The van der Waals surface area contributed by atoms with E-state index in [2.05, 4.69) is 15.9 Å². The van der Waals surface area contributed by atoms with E-state index in [0.717, 1.165) is 12.1 Å². The van der Waals surface area contributed by atoms with E-state index in [9.17, 15) is 19.3 Å². The van der Waals surface area contributed by atoms with Crippen LogP contribution < -0.4 is 0 Å². The Balaban J connectivity index is 3.41. The predicted molar refractivity (Wildman–Crippen MR) is 55.8 cm³/mol. The van der Waals surface area contributed by atoms with Gasteiger partial charge in [-0.2, -0.15) is 4.39 Å². The molecule has 0 aliphatic carbocycles. The van der Waals surface area contributed by atoms with Crippen LogP contribution in [0.2, 0.25) is 0 Å². The molecule has 0 amide bonds. The van der Waals surface area contributed by atoms with Gasteiger partial charge in [-0.05, 0) is 28.1 Å². The van der Waals surface area contributed by atoms with Crippen molar-refractivity contribution in [1.29, 1.82) is 0 Å². The number of halogens is 3. The lowest BCUT2D eigenvalue weighted by atomic mass is 10.1. The number of nitro groups is 1. The van der Waals surface area contributed by atoms with E-state index in [1.807, 2.05) is 0 Å². The molecule has 0 bridgehead atoms. The first-order valence-corrected chi connectivity index (χ1v) is 5.03. The van der Waals surface area contributed by atoms with Gasteiger partial charge in [0, 0.05) is 5.56 Å². The highest BCUT2D eigenvalue weighted by atomic mass is 79.9. The Morgan fingerprint density at radius 3 is 2.67 bits per heavy atom. The molecule has 80 valence electrons. The molecule has 0 atom stereocenters. The number of Topliss-reactive ketones (excluding diaryl/α,β-unsaturated/α-hetero) is 1. The van der Waals surface area contributed by atoms with E-state index in [1.54, 1.807) is 0 Å². The molecule has 0 heterocycles. The minimum absolute atomic E-state index is 0.00176. The van der Waals surface area contributed by atoms with Crippen LogP contribution in [0.1, 0.15) is 10.4 Å². The lowest BCUT2D eigenvalue weighted by Gasteiger charge is -2.02. The summed E-state index contributed by atoms with van der Waals surface area (Å²) in [5, 5.41) is 10.5. The fourth-order valence-corrected chi connectivity index (χ4v) is 1.83. The van der Waals surface area contributed by atoms with Gasteiger partial charge in [-0.3, -0.25) is 14.9 Å². The first-order valence-electron chi connectivity index (χ1n) is 3.70. The van der Waals surface area contributed by atoms with Crippen LogP contribution in [-0.4, -0.2) is 16.6 Å². The molecule has 0 aromatic heterocycles. The number of benzene rings is 1. The zero-order chi connectivity index (χ0) is 11.6. The molecule has 15 heavy (non-hydrogen) atoms. The van der Waals surface area contributed by atoms with Gasteiger partial charge in [0.05, 0.1) is 10.8 Å². The van der Waals surface area contributed by atoms with Gasteiger partial charge < -0.3 is 0 Å². The third-order valence-corrected chi connectivity index (χ3v) is 2.72. The highest BCUT2D eigenvalue weighted by Crippen LogP contribution is 2.31. The lowest BCUT2D eigenvalue weighted by Crippen LogP contribution is -2.04. The van der Waals surface area contributed by atoms with Crippen LogP contribution in [0.25, 0.3) is 0 Å². The van der Waals surface area contributed by atoms with Crippen molar-refractivity contribution in [2.45, 2.75) is 0 Å². The average molecular weight is 296 g/mol. The quantitative estimate of drug-likeness (QED) is 0.373. The topological polar surface area (TPSA) is 60.2 Å². The van der Waals surface area contributed by atoms with E-state index in [-0.39, 0.29) is 15.9 Å². The minimum atomic E-state index is -1.00. The zero-order valence-electron chi connectivity index (χ0n) is 7.17. The fourth-order valence-electron chi connectivity index (χ4n) is 0.996. The fraction of sp³-hybridized carbons (Fsp3) is 0.125. The average Bonchev–Trinajstić information content (AvgIpc) is 2.16. The van der Waals surface area contributed by atoms with Crippen molar-refractivity contribution >= 4 is 39.0 Å². The molecule has 0 aliphatic rings. The van der Waals surface area contributed by atoms with Gasteiger partial charge in [-0.25, -0.2) is 0 Å². The van der Waals surface area contributed by atoms with Crippen molar-refractivity contribution in [3.8, 4) is 0 Å². The standard InChI is InChI=1S/C8H4BrClFNO3/c9-7-4(6(13)3-10)1-2-5(11)8(7)12(14)15/h1-2H,3H2. The molecule has 0 aliphatic heterocycles. The molecule has 0 spiro atoms. The van der Waals surface area contributed by atoms with E-state index >= 15 is 0 Å². The number of ketones is 1. The van der Waals surface area contributed by atoms with Crippen molar-refractivity contribution in [2.75, 3.05) is 5.88 Å². The van der Waals surface area contributed by atoms with Crippen molar-refractivity contribution in [3.63, 3.8) is 0 Å². The monoisotopic (exact) mass is 295 g/mol. The molecule has 0 N–H and O–H groups in total. The Kier molecular flexibility index (Phi) is 3.76. The van der Waals surface area contributed by atoms with Crippen LogP contribution in [0.15, 0.2) is 16.6 Å². The lowest BCUT2D eigenvalue weighted by molar-refractivity contribution is -0.388. The molecule has 0 saturated heterocycles. The minimum Gasteiger partial charge on any atom is -0.293 e. The number of alkyl halides is 1. The van der Waals surface area contributed by atoms with Gasteiger partial charge in [-0.15, -0.1) is 11.6 Å². The van der Waals surface area contributed by atoms with Gasteiger partial charge in [-0.1, -0.05) is 0 Å². The third-order valence-electron chi connectivity index (χ3n) is 1.67. The Bertz CT molecular complexity index is 438. The van der Waals surface area contributed by atoms with Crippen molar-refractivity contribution in [1.82, 2.24) is 0 Å². The Morgan fingerprint density at radius 2 is 2.20 bits per heavy atom. The zero-order valence-corrected chi connectivity index (χ0v) is 9.51. The van der Waals surface area contributed by atoms with E-state index in [4.69, 9.17) is 11.6 Å². The largest absolute Gasteiger partial charge is 0.319 e. The highest BCUT2D eigenvalue weighted by Gasteiger charge is 2.24.